The number of anilines is 1. The second kappa shape index (κ2) is 6.92. The number of aromatic nitrogens is 2. The molecule has 0 atom stereocenters. The minimum absolute atomic E-state index is 0.233. The molecule has 1 heterocycles. The summed E-state index contributed by atoms with van der Waals surface area (Å²) in [6, 6.07) is 10.2. The van der Waals surface area contributed by atoms with Crippen LogP contribution in [0.3, 0.4) is 0 Å². The molecule has 5 nitrogen and oxygen atoms in total. The smallest absolute Gasteiger partial charge is 0.173 e. The second-order valence-electron chi connectivity index (χ2n) is 4.18. The Labute approximate surface area is 113 Å². The minimum Gasteiger partial charge on any atom is -0.380 e. The standard InChI is InChI=1S/C14H19N3O2/c1-18-14(19-2)10-15-13-6-4-12(5-7-13)11-17-9-3-8-16-17/h3-9,14-15H,10-11H2,1-2H3. The first kappa shape index (κ1) is 13.6. The van der Waals surface area contributed by atoms with Crippen molar-refractivity contribution in [1.82, 2.24) is 9.78 Å². The average molecular weight is 261 g/mol. The zero-order valence-corrected chi connectivity index (χ0v) is 11.2. The highest BCUT2D eigenvalue weighted by molar-refractivity contribution is 5.44. The van der Waals surface area contributed by atoms with Crippen LogP contribution in [0.1, 0.15) is 5.56 Å². The molecule has 2 rings (SSSR count). The Kier molecular flexibility index (Phi) is 4.94. The fourth-order valence-corrected chi connectivity index (χ4v) is 1.77. The highest BCUT2D eigenvalue weighted by Crippen LogP contribution is 2.10. The van der Waals surface area contributed by atoms with Gasteiger partial charge in [-0.2, -0.15) is 5.10 Å². The molecule has 5 heteroatoms. The van der Waals surface area contributed by atoms with Gasteiger partial charge < -0.3 is 14.8 Å². The summed E-state index contributed by atoms with van der Waals surface area (Å²) in [6.45, 7) is 1.40. The van der Waals surface area contributed by atoms with E-state index in [0.29, 0.717) is 6.54 Å². The van der Waals surface area contributed by atoms with E-state index in [0.717, 1.165) is 12.2 Å². The van der Waals surface area contributed by atoms with Crippen LogP contribution < -0.4 is 5.32 Å². The molecule has 0 unspecified atom stereocenters. The van der Waals surface area contributed by atoms with Gasteiger partial charge in [0.1, 0.15) is 0 Å². The topological polar surface area (TPSA) is 48.3 Å². The summed E-state index contributed by atoms with van der Waals surface area (Å²) in [5.74, 6) is 0. The van der Waals surface area contributed by atoms with Crippen LogP contribution in [0.4, 0.5) is 5.69 Å². The highest BCUT2D eigenvalue weighted by atomic mass is 16.7. The van der Waals surface area contributed by atoms with E-state index in [9.17, 15) is 0 Å². The SMILES string of the molecule is COC(CNc1ccc(Cn2cccn2)cc1)OC. The Morgan fingerprint density at radius 2 is 1.95 bits per heavy atom. The number of nitrogens with one attached hydrogen (secondary N) is 1. The third-order valence-electron chi connectivity index (χ3n) is 2.86. The fourth-order valence-electron chi connectivity index (χ4n) is 1.77. The van der Waals surface area contributed by atoms with Crippen LogP contribution in [0, 0.1) is 0 Å². The molecule has 0 fully saturated rings. The molecule has 102 valence electrons. The third-order valence-corrected chi connectivity index (χ3v) is 2.86. The normalized spacial score (nSPS) is 10.9. The van der Waals surface area contributed by atoms with Gasteiger partial charge >= 0.3 is 0 Å². The van der Waals surface area contributed by atoms with E-state index in [1.807, 2.05) is 29.1 Å². The summed E-state index contributed by atoms with van der Waals surface area (Å²) >= 11 is 0. The van der Waals surface area contributed by atoms with Gasteiger partial charge in [0, 0.05) is 32.3 Å². The lowest BCUT2D eigenvalue weighted by atomic mass is 10.2. The Morgan fingerprint density at radius 3 is 2.53 bits per heavy atom. The first-order valence-electron chi connectivity index (χ1n) is 6.17. The van der Waals surface area contributed by atoms with E-state index in [1.165, 1.54) is 5.56 Å². The summed E-state index contributed by atoms with van der Waals surface area (Å²) in [6.07, 6.45) is 3.50. The molecule has 1 aromatic heterocycles. The van der Waals surface area contributed by atoms with Crippen molar-refractivity contribution in [2.45, 2.75) is 12.8 Å². The van der Waals surface area contributed by atoms with Gasteiger partial charge in [0.25, 0.3) is 0 Å². The lowest BCUT2D eigenvalue weighted by Crippen LogP contribution is -2.23. The maximum absolute atomic E-state index is 5.12. The van der Waals surface area contributed by atoms with Crippen LogP contribution in [-0.2, 0) is 16.0 Å². The Morgan fingerprint density at radius 1 is 1.21 bits per heavy atom. The van der Waals surface area contributed by atoms with Crippen molar-refractivity contribution in [3.63, 3.8) is 0 Å². The van der Waals surface area contributed by atoms with Gasteiger partial charge in [0.15, 0.2) is 6.29 Å². The van der Waals surface area contributed by atoms with Crippen molar-refractivity contribution in [2.24, 2.45) is 0 Å². The zero-order chi connectivity index (χ0) is 13.5. The van der Waals surface area contributed by atoms with Crippen molar-refractivity contribution in [1.29, 1.82) is 0 Å². The maximum Gasteiger partial charge on any atom is 0.173 e. The molecule has 0 spiro atoms. The number of ether oxygens (including phenoxy) is 2. The van der Waals surface area contributed by atoms with Gasteiger partial charge in [-0.25, -0.2) is 0 Å². The molecule has 2 aromatic rings. The molecule has 0 radical (unpaired) electrons. The number of hydrogen-bond donors (Lipinski definition) is 1. The monoisotopic (exact) mass is 261 g/mol. The number of rotatable bonds is 7. The Bertz CT molecular complexity index is 464. The van der Waals surface area contributed by atoms with Crippen LogP contribution in [0.2, 0.25) is 0 Å². The average Bonchev–Trinajstić information content (AvgIpc) is 2.95. The minimum atomic E-state index is -0.233. The number of nitrogens with zero attached hydrogens (tertiary/aromatic N) is 2. The molecule has 0 aliphatic heterocycles. The lowest BCUT2D eigenvalue weighted by Gasteiger charge is -2.15. The van der Waals surface area contributed by atoms with Crippen LogP contribution in [0.25, 0.3) is 0 Å². The third kappa shape index (κ3) is 4.08. The van der Waals surface area contributed by atoms with Gasteiger partial charge in [0.2, 0.25) is 0 Å². The number of methoxy groups -OCH3 is 2. The molecular weight excluding hydrogens is 242 g/mol. The Hall–Kier alpha value is -1.85. The lowest BCUT2D eigenvalue weighted by molar-refractivity contribution is -0.0914. The molecule has 1 aromatic carbocycles. The van der Waals surface area contributed by atoms with Crippen LogP contribution in [0.5, 0.6) is 0 Å². The highest BCUT2D eigenvalue weighted by Gasteiger charge is 2.04. The van der Waals surface area contributed by atoms with Gasteiger partial charge in [-0.1, -0.05) is 12.1 Å². The molecule has 0 amide bonds. The molecule has 0 saturated heterocycles. The van der Waals surface area contributed by atoms with E-state index in [2.05, 4.69) is 22.5 Å². The first-order valence-corrected chi connectivity index (χ1v) is 6.17. The zero-order valence-electron chi connectivity index (χ0n) is 11.2. The summed E-state index contributed by atoms with van der Waals surface area (Å²) in [7, 11) is 3.26. The van der Waals surface area contributed by atoms with Crippen LogP contribution in [0.15, 0.2) is 42.7 Å². The summed E-state index contributed by atoms with van der Waals surface area (Å²) in [5, 5.41) is 7.44. The predicted octanol–water partition coefficient (Wildman–Crippen LogP) is 1.96. The predicted molar refractivity (Wildman–Crippen MR) is 74.1 cm³/mol. The van der Waals surface area contributed by atoms with Gasteiger partial charge in [-0.3, -0.25) is 4.68 Å². The largest absolute Gasteiger partial charge is 0.380 e. The van der Waals surface area contributed by atoms with Crippen molar-refractivity contribution >= 4 is 5.69 Å². The summed E-state index contributed by atoms with van der Waals surface area (Å²) in [5.41, 5.74) is 2.26. The Balaban J connectivity index is 1.87. The molecular formula is C14H19N3O2. The number of benzene rings is 1. The molecule has 0 saturated carbocycles. The first-order chi connectivity index (χ1) is 9.31. The molecule has 1 N–H and O–H groups in total. The fraction of sp³-hybridized carbons (Fsp3) is 0.357. The quantitative estimate of drug-likeness (QED) is 0.774. The van der Waals surface area contributed by atoms with Crippen molar-refractivity contribution in [3.05, 3.63) is 48.3 Å². The van der Waals surface area contributed by atoms with E-state index < -0.39 is 0 Å². The van der Waals surface area contributed by atoms with E-state index in [4.69, 9.17) is 9.47 Å². The second-order valence-corrected chi connectivity index (χ2v) is 4.18. The molecule has 0 bridgehead atoms. The van der Waals surface area contributed by atoms with Crippen LogP contribution in [-0.4, -0.2) is 36.8 Å². The van der Waals surface area contributed by atoms with E-state index >= 15 is 0 Å². The van der Waals surface area contributed by atoms with Crippen molar-refractivity contribution in [2.75, 3.05) is 26.1 Å². The van der Waals surface area contributed by atoms with Crippen LogP contribution >= 0.6 is 0 Å². The molecule has 0 aliphatic rings. The van der Waals surface area contributed by atoms with Gasteiger partial charge in [0.05, 0.1) is 13.1 Å². The molecule has 19 heavy (non-hydrogen) atoms. The number of hydrogen-bond acceptors (Lipinski definition) is 4. The summed E-state index contributed by atoms with van der Waals surface area (Å²) < 4.78 is 12.1. The molecule has 0 aliphatic carbocycles. The van der Waals surface area contributed by atoms with Gasteiger partial charge in [-0.15, -0.1) is 0 Å². The summed E-state index contributed by atoms with van der Waals surface area (Å²) in [4.78, 5) is 0. The maximum atomic E-state index is 5.12. The van der Waals surface area contributed by atoms with E-state index in [-0.39, 0.29) is 6.29 Å². The van der Waals surface area contributed by atoms with Gasteiger partial charge in [-0.05, 0) is 23.8 Å². The van der Waals surface area contributed by atoms with Crippen molar-refractivity contribution in [3.8, 4) is 0 Å². The van der Waals surface area contributed by atoms with Crippen molar-refractivity contribution < 1.29 is 9.47 Å². The van der Waals surface area contributed by atoms with E-state index in [1.54, 1.807) is 20.4 Å².